The molecule has 0 aliphatic carbocycles. The largest absolute Gasteiger partial charge is 0.327 e. The van der Waals surface area contributed by atoms with Crippen molar-refractivity contribution >= 4 is 22.6 Å². The summed E-state index contributed by atoms with van der Waals surface area (Å²) >= 11 is 6.06. The second kappa shape index (κ2) is 6.40. The third-order valence-electron chi connectivity index (χ3n) is 3.27. The van der Waals surface area contributed by atoms with Gasteiger partial charge in [0.1, 0.15) is 5.82 Å². The van der Waals surface area contributed by atoms with Crippen molar-refractivity contribution in [2.24, 2.45) is 0 Å². The number of nitrogens with zero attached hydrogens (tertiary/aromatic N) is 2. The van der Waals surface area contributed by atoms with Crippen LogP contribution in [0.5, 0.6) is 0 Å². The van der Waals surface area contributed by atoms with Gasteiger partial charge in [-0.25, -0.2) is 4.98 Å². The highest BCUT2D eigenvalue weighted by Crippen LogP contribution is 2.24. The third-order valence-corrected chi connectivity index (χ3v) is 3.51. The molecule has 0 amide bonds. The molecular weight excluding hydrogens is 258 g/mol. The molecule has 1 unspecified atom stereocenters. The van der Waals surface area contributed by atoms with E-state index in [0.717, 1.165) is 42.3 Å². The van der Waals surface area contributed by atoms with Gasteiger partial charge < -0.3 is 9.88 Å². The molecule has 1 atom stereocenters. The molecule has 0 fully saturated rings. The van der Waals surface area contributed by atoms with Crippen molar-refractivity contribution in [3.8, 4) is 0 Å². The summed E-state index contributed by atoms with van der Waals surface area (Å²) in [5.74, 6) is 1.10. The predicted octanol–water partition coefficient (Wildman–Crippen LogP) is 4.16. The Labute approximate surface area is 120 Å². The average molecular weight is 280 g/mol. The Morgan fingerprint density at radius 3 is 2.79 bits per heavy atom. The fourth-order valence-corrected chi connectivity index (χ4v) is 2.53. The van der Waals surface area contributed by atoms with Crippen LogP contribution in [0.4, 0.5) is 0 Å². The maximum absolute atomic E-state index is 6.06. The predicted molar refractivity (Wildman–Crippen MR) is 81.7 cm³/mol. The van der Waals surface area contributed by atoms with E-state index in [1.807, 2.05) is 12.1 Å². The van der Waals surface area contributed by atoms with Crippen molar-refractivity contribution in [1.82, 2.24) is 14.9 Å². The van der Waals surface area contributed by atoms with E-state index in [9.17, 15) is 0 Å². The molecule has 1 aromatic heterocycles. The topological polar surface area (TPSA) is 29.9 Å². The summed E-state index contributed by atoms with van der Waals surface area (Å²) in [5.41, 5.74) is 2.16. The van der Waals surface area contributed by atoms with Crippen LogP contribution in [0.25, 0.3) is 11.0 Å². The van der Waals surface area contributed by atoms with Gasteiger partial charge in [0.05, 0.1) is 17.1 Å². The Bertz CT molecular complexity index is 548. The van der Waals surface area contributed by atoms with Crippen LogP contribution in [0.1, 0.15) is 45.5 Å². The van der Waals surface area contributed by atoms with Crippen LogP contribution < -0.4 is 5.32 Å². The fraction of sp³-hybridized carbons (Fsp3) is 0.533. The third kappa shape index (κ3) is 3.10. The molecule has 2 aromatic rings. The summed E-state index contributed by atoms with van der Waals surface area (Å²) in [6, 6.07) is 6.21. The lowest BCUT2D eigenvalue weighted by atomic mass is 10.3. The Kier molecular flexibility index (Phi) is 4.83. The number of hydrogen-bond donors (Lipinski definition) is 1. The molecule has 1 heterocycles. The summed E-state index contributed by atoms with van der Waals surface area (Å²) in [4.78, 5) is 4.76. The highest BCUT2D eigenvalue weighted by Gasteiger charge is 2.15. The van der Waals surface area contributed by atoms with E-state index in [0.29, 0.717) is 0 Å². The van der Waals surface area contributed by atoms with Crippen LogP contribution in [0, 0.1) is 0 Å². The molecule has 104 valence electrons. The summed E-state index contributed by atoms with van der Waals surface area (Å²) in [7, 11) is 0. The van der Waals surface area contributed by atoms with E-state index in [1.165, 1.54) is 5.52 Å². The first-order valence-corrected chi connectivity index (χ1v) is 7.44. The van der Waals surface area contributed by atoms with Gasteiger partial charge >= 0.3 is 0 Å². The molecule has 0 aliphatic rings. The van der Waals surface area contributed by atoms with Crippen LogP contribution in [0.2, 0.25) is 5.02 Å². The van der Waals surface area contributed by atoms with Crippen molar-refractivity contribution in [1.29, 1.82) is 0 Å². The number of nitrogens with one attached hydrogen (secondary N) is 1. The van der Waals surface area contributed by atoms with E-state index in [2.05, 4.69) is 36.7 Å². The van der Waals surface area contributed by atoms with Crippen LogP contribution in [-0.2, 0) is 6.54 Å². The van der Waals surface area contributed by atoms with Crippen molar-refractivity contribution in [3.05, 3.63) is 29.0 Å². The second-order valence-electron chi connectivity index (χ2n) is 4.93. The molecule has 0 aliphatic heterocycles. The standard InChI is InChI=1S/C15H22ClN3/c1-4-8-17-11(3)15-18-13-10-12(16)6-7-14(13)19(15)9-5-2/h6-7,10-11,17H,4-5,8-9H2,1-3H3. The van der Waals surface area contributed by atoms with Crippen LogP contribution >= 0.6 is 11.6 Å². The van der Waals surface area contributed by atoms with E-state index < -0.39 is 0 Å². The van der Waals surface area contributed by atoms with Gasteiger partial charge in [0.2, 0.25) is 0 Å². The minimum atomic E-state index is 0.262. The number of aromatic nitrogens is 2. The maximum atomic E-state index is 6.06. The monoisotopic (exact) mass is 279 g/mol. The molecule has 0 saturated heterocycles. The Morgan fingerprint density at radius 2 is 2.11 bits per heavy atom. The first-order valence-electron chi connectivity index (χ1n) is 7.06. The summed E-state index contributed by atoms with van der Waals surface area (Å²) < 4.78 is 2.30. The second-order valence-corrected chi connectivity index (χ2v) is 5.37. The fourth-order valence-electron chi connectivity index (χ4n) is 2.36. The molecular formula is C15H22ClN3. The molecule has 0 bridgehead atoms. The lowest BCUT2D eigenvalue weighted by Crippen LogP contribution is -2.22. The normalized spacial score (nSPS) is 13.1. The zero-order valence-electron chi connectivity index (χ0n) is 11.9. The summed E-state index contributed by atoms with van der Waals surface area (Å²) in [6.45, 7) is 8.54. The summed E-state index contributed by atoms with van der Waals surface area (Å²) in [5, 5.41) is 4.25. The minimum absolute atomic E-state index is 0.262. The first-order chi connectivity index (χ1) is 9.17. The Morgan fingerprint density at radius 1 is 1.32 bits per heavy atom. The summed E-state index contributed by atoms with van der Waals surface area (Å²) in [6.07, 6.45) is 2.23. The number of rotatable bonds is 6. The quantitative estimate of drug-likeness (QED) is 0.860. The number of fused-ring (bicyclic) bond motifs is 1. The van der Waals surface area contributed by atoms with Gasteiger partial charge in [0.25, 0.3) is 0 Å². The lowest BCUT2D eigenvalue weighted by Gasteiger charge is -2.15. The van der Waals surface area contributed by atoms with Gasteiger partial charge in [-0.2, -0.15) is 0 Å². The van der Waals surface area contributed by atoms with Crippen molar-refractivity contribution in [2.75, 3.05) is 6.54 Å². The Balaban J connectivity index is 2.43. The maximum Gasteiger partial charge on any atom is 0.126 e. The molecule has 2 rings (SSSR count). The van der Waals surface area contributed by atoms with Crippen molar-refractivity contribution in [3.63, 3.8) is 0 Å². The van der Waals surface area contributed by atoms with Gasteiger partial charge in [0.15, 0.2) is 0 Å². The zero-order valence-corrected chi connectivity index (χ0v) is 12.7. The van der Waals surface area contributed by atoms with Gasteiger partial charge in [-0.15, -0.1) is 0 Å². The first kappa shape index (κ1) is 14.4. The van der Waals surface area contributed by atoms with E-state index in [4.69, 9.17) is 16.6 Å². The molecule has 4 heteroatoms. The van der Waals surface area contributed by atoms with Gasteiger partial charge in [-0.1, -0.05) is 25.4 Å². The highest BCUT2D eigenvalue weighted by atomic mass is 35.5. The van der Waals surface area contributed by atoms with Crippen LogP contribution in [-0.4, -0.2) is 16.1 Å². The van der Waals surface area contributed by atoms with Gasteiger partial charge in [0, 0.05) is 11.6 Å². The smallest absolute Gasteiger partial charge is 0.126 e. The number of halogens is 1. The number of imidazole rings is 1. The zero-order chi connectivity index (χ0) is 13.8. The highest BCUT2D eigenvalue weighted by molar-refractivity contribution is 6.31. The van der Waals surface area contributed by atoms with Crippen LogP contribution in [0.3, 0.4) is 0 Å². The minimum Gasteiger partial charge on any atom is -0.327 e. The molecule has 1 N–H and O–H groups in total. The molecule has 3 nitrogen and oxygen atoms in total. The van der Waals surface area contributed by atoms with Gasteiger partial charge in [-0.05, 0) is 44.5 Å². The van der Waals surface area contributed by atoms with E-state index in [1.54, 1.807) is 0 Å². The lowest BCUT2D eigenvalue weighted by molar-refractivity contribution is 0.513. The number of benzene rings is 1. The van der Waals surface area contributed by atoms with Gasteiger partial charge in [-0.3, -0.25) is 0 Å². The molecule has 19 heavy (non-hydrogen) atoms. The van der Waals surface area contributed by atoms with E-state index in [-0.39, 0.29) is 6.04 Å². The number of aryl methyl sites for hydroxylation is 1. The molecule has 0 radical (unpaired) electrons. The average Bonchev–Trinajstić information content (AvgIpc) is 2.74. The molecule has 0 saturated carbocycles. The molecule has 1 aromatic carbocycles. The molecule has 0 spiro atoms. The van der Waals surface area contributed by atoms with Crippen molar-refractivity contribution < 1.29 is 0 Å². The number of hydrogen-bond acceptors (Lipinski definition) is 2. The van der Waals surface area contributed by atoms with Crippen molar-refractivity contribution in [2.45, 2.75) is 46.2 Å². The van der Waals surface area contributed by atoms with Crippen LogP contribution in [0.15, 0.2) is 18.2 Å². The van der Waals surface area contributed by atoms with E-state index >= 15 is 0 Å². The Hall–Kier alpha value is -1.06. The SMILES string of the molecule is CCCNC(C)c1nc2cc(Cl)ccc2n1CCC.